The van der Waals surface area contributed by atoms with Crippen molar-refractivity contribution >= 4 is 11.8 Å². The molecule has 1 spiro atoms. The first-order chi connectivity index (χ1) is 9.60. The van der Waals surface area contributed by atoms with Gasteiger partial charge in [0.2, 0.25) is 5.91 Å². The molecule has 0 bridgehead atoms. The van der Waals surface area contributed by atoms with Crippen LogP contribution in [0.1, 0.15) is 35.3 Å². The van der Waals surface area contributed by atoms with Gasteiger partial charge < -0.3 is 10.2 Å². The Morgan fingerprint density at radius 2 is 2.15 bits per heavy atom. The molecular formula is C15H19N3O2. The number of pyridine rings is 1. The van der Waals surface area contributed by atoms with Crippen molar-refractivity contribution < 1.29 is 9.59 Å². The van der Waals surface area contributed by atoms with Crippen molar-refractivity contribution in [1.29, 1.82) is 0 Å². The van der Waals surface area contributed by atoms with Crippen LogP contribution in [0.2, 0.25) is 0 Å². The van der Waals surface area contributed by atoms with Crippen LogP contribution in [0.5, 0.6) is 0 Å². The minimum Gasteiger partial charge on any atom is -0.356 e. The largest absolute Gasteiger partial charge is 0.356 e. The quantitative estimate of drug-likeness (QED) is 0.834. The fourth-order valence-corrected chi connectivity index (χ4v) is 3.15. The summed E-state index contributed by atoms with van der Waals surface area (Å²) >= 11 is 0. The maximum absolute atomic E-state index is 12.5. The fraction of sp³-hybridized carbons (Fsp3) is 0.533. The van der Waals surface area contributed by atoms with Crippen LogP contribution in [0.15, 0.2) is 18.3 Å². The second kappa shape index (κ2) is 4.89. The monoisotopic (exact) mass is 273 g/mol. The molecule has 0 aliphatic carbocycles. The summed E-state index contributed by atoms with van der Waals surface area (Å²) in [5, 5.41) is 2.91. The Hall–Kier alpha value is -1.91. The average molecular weight is 273 g/mol. The third-order valence-corrected chi connectivity index (χ3v) is 4.52. The Balaban J connectivity index is 1.68. The van der Waals surface area contributed by atoms with Crippen molar-refractivity contribution in [2.45, 2.75) is 26.2 Å². The van der Waals surface area contributed by atoms with Crippen molar-refractivity contribution in [3.8, 4) is 0 Å². The lowest BCUT2D eigenvalue weighted by Crippen LogP contribution is -2.44. The first-order valence-corrected chi connectivity index (χ1v) is 7.07. The van der Waals surface area contributed by atoms with Gasteiger partial charge in [0.25, 0.3) is 5.91 Å². The molecule has 1 N–H and O–H groups in total. The molecule has 2 fully saturated rings. The summed E-state index contributed by atoms with van der Waals surface area (Å²) in [5.41, 5.74) is 1.53. The molecule has 1 aromatic rings. The van der Waals surface area contributed by atoms with Gasteiger partial charge in [-0.05, 0) is 36.8 Å². The molecule has 0 aromatic carbocycles. The lowest BCUT2D eigenvalue weighted by molar-refractivity contribution is -0.119. The first-order valence-electron chi connectivity index (χ1n) is 7.07. The molecule has 0 atom stereocenters. The van der Waals surface area contributed by atoms with E-state index in [1.165, 1.54) is 0 Å². The number of amides is 2. The standard InChI is InChI=1S/C15H19N3O2/c1-11-3-2-6-16-13(11)14(20)18-7-4-15(5-8-18)9-12(19)17-10-15/h2-3,6H,4-5,7-10H2,1H3,(H,17,19). The zero-order chi connectivity index (χ0) is 14.2. The highest BCUT2D eigenvalue weighted by Gasteiger charge is 2.41. The van der Waals surface area contributed by atoms with Crippen LogP contribution in [-0.2, 0) is 4.79 Å². The summed E-state index contributed by atoms with van der Waals surface area (Å²) in [6.07, 6.45) is 4.05. The van der Waals surface area contributed by atoms with Crippen molar-refractivity contribution in [3.05, 3.63) is 29.6 Å². The maximum Gasteiger partial charge on any atom is 0.272 e. The summed E-state index contributed by atoms with van der Waals surface area (Å²) in [5.74, 6) is 0.153. The number of nitrogens with one attached hydrogen (secondary N) is 1. The minimum atomic E-state index is 0.00947. The molecule has 3 heterocycles. The zero-order valence-corrected chi connectivity index (χ0v) is 11.7. The van der Waals surface area contributed by atoms with Gasteiger partial charge in [-0.2, -0.15) is 0 Å². The molecule has 106 valence electrons. The number of nitrogens with zero attached hydrogens (tertiary/aromatic N) is 2. The molecule has 2 aliphatic rings. The molecule has 5 nitrogen and oxygen atoms in total. The second-order valence-electron chi connectivity index (χ2n) is 5.91. The SMILES string of the molecule is Cc1cccnc1C(=O)N1CCC2(CC1)CNC(=O)C2. The molecule has 2 saturated heterocycles. The molecule has 0 saturated carbocycles. The van der Waals surface area contributed by atoms with Gasteiger partial charge in [0.15, 0.2) is 0 Å². The highest BCUT2D eigenvalue weighted by atomic mass is 16.2. The van der Waals surface area contributed by atoms with Crippen LogP contribution < -0.4 is 5.32 Å². The highest BCUT2D eigenvalue weighted by molar-refractivity contribution is 5.93. The number of rotatable bonds is 1. The first kappa shape index (κ1) is 13.1. The Bertz CT molecular complexity index is 548. The van der Waals surface area contributed by atoms with Gasteiger partial charge in [-0.25, -0.2) is 0 Å². The zero-order valence-electron chi connectivity index (χ0n) is 11.7. The van der Waals surface area contributed by atoms with E-state index < -0.39 is 0 Å². The smallest absolute Gasteiger partial charge is 0.272 e. The Kier molecular flexibility index (Phi) is 3.20. The molecule has 2 aliphatic heterocycles. The number of likely N-dealkylation sites (tertiary alicyclic amines) is 1. The number of hydrogen-bond donors (Lipinski definition) is 1. The van der Waals surface area contributed by atoms with Gasteiger partial charge in [0.1, 0.15) is 5.69 Å². The Morgan fingerprint density at radius 3 is 2.75 bits per heavy atom. The normalized spacial score (nSPS) is 21.1. The van der Waals surface area contributed by atoms with Crippen LogP contribution in [0.25, 0.3) is 0 Å². The van der Waals surface area contributed by atoms with Gasteiger partial charge in [-0.15, -0.1) is 0 Å². The van der Waals surface area contributed by atoms with E-state index in [4.69, 9.17) is 0 Å². The lowest BCUT2D eigenvalue weighted by atomic mass is 9.77. The molecule has 20 heavy (non-hydrogen) atoms. The fourth-order valence-electron chi connectivity index (χ4n) is 3.15. The van der Waals surface area contributed by atoms with Crippen molar-refractivity contribution in [2.24, 2.45) is 5.41 Å². The number of aryl methyl sites for hydroxylation is 1. The van der Waals surface area contributed by atoms with E-state index in [1.54, 1.807) is 6.20 Å². The van der Waals surface area contributed by atoms with E-state index >= 15 is 0 Å². The summed E-state index contributed by atoms with van der Waals surface area (Å²) < 4.78 is 0. The topological polar surface area (TPSA) is 62.3 Å². The predicted octanol–water partition coefficient (Wildman–Crippen LogP) is 1.13. The third kappa shape index (κ3) is 2.28. The highest BCUT2D eigenvalue weighted by Crippen LogP contribution is 2.37. The van der Waals surface area contributed by atoms with Crippen LogP contribution in [0.4, 0.5) is 0 Å². The van der Waals surface area contributed by atoms with Gasteiger partial charge in [-0.1, -0.05) is 6.07 Å². The van der Waals surface area contributed by atoms with Gasteiger partial charge in [-0.3, -0.25) is 14.6 Å². The van der Waals surface area contributed by atoms with Gasteiger partial charge in [0.05, 0.1) is 0 Å². The number of aromatic nitrogens is 1. The molecule has 0 radical (unpaired) electrons. The van der Waals surface area contributed by atoms with E-state index in [9.17, 15) is 9.59 Å². The number of piperidine rings is 1. The number of carbonyl (C=O) groups excluding carboxylic acids is 2. The van der Waals surface area contributed by atoms with Gasteiger partial charge >= 0.3 is 0 Å². The van der Waals surface area contributed by atoms with E-state index in [0.29, 0.717) is 25.2 Å². The van der Waals surface area contributed by atoms with E-state index in [2.05, 4.69) is 10.3 Å². The van der Waals surface area contributed by atoms with Crippen LogP contribution in [-0.4, -0.2) is 41.3 Å². The minimum absolute atomic E-state index is 0.00947. The molecule has 3 rings (SSSR count). The molecular weight excluding hydrogens is 254 g/mol. The van der Waals surface area contributed by atoms with E-state index in [0.717, 1.165) is 24.9 Å². The van der Waals surface area contributed by atoms with Crippen LogP contribution >= 0.6 is 0 Å². The van der Waals surface area contributed by atoms with Crippen molar-refractivity contribution in [3.63, 3.8) is 0 Å². The lowest BCUT2D eigenvalue weighted by Gasteiger charge is -2.38. The Labute approximate surface area is 118 Å². The maximum atomic E-state index is 12.5. The second-order valence-corrected chi connectivity index (χ2v) is 5.91. The van der Waals surface area contributed by atoms with E-state index in [1.807, 2.05) is 24.0 Å². The summed E-state index contributed by atoms with van der Waals surface area (Å²) in [7, 11) is 0. The summed E-state index contributed by atoms with van der Waals surface area (Å²) in [6, 6.07) is 3.75. The summed E-state index contributed by atoms with van der Waals surface area (Å²) in [4.78, 5) is 29.9. The third-order valence-electron chi connectivity index (χ3n) is 4.52. The molecule has 5 heteroatoms. The van der Waals surface area contributed by atoms with Gasteiger partial charge in [0, 0.05) is 32.3 Å². The average Bonchev–Trinajstić information content (AvgIpc) is 2.81. The number of hydrogen-bond acceptors (Lipinski definition) is 3. The summed E-state index contributed by atoms with van der Waals surface area (Å²) in [6.45, 7) is 4.09. The van der Waals surface area contributed by atoms with Crippen LogP contribution in [0.3, 0.4) is 0 Å². The van der Waals surface area contributed by atoms with Crippen LogP contribution in [0, 0.1) is 12.3 Å². The molecule has 0 unspecified atom stereocenters. The Morgan fingerprint density at radius 1 is 1.40 bits per heavy atom. The molecule has 1 aromatic heterocycles. The van der Waals surface area contributed by atoms with E-state index in [-0.39, 0.29) is 17.2 Å². The molecule has 2 amide bonds. The number of carbonyl (C=O) groups is 2. The predicted molar refractivity (Wildman–Crippen MR) is 74.2 cm³/mol. The van der Waals surface area contributed by atoms with Crippen molar-refractivity contribution in [2.75, 3.05) is 19.6 Å². The van der Waals surface area contributed by atoms with Crippen molar-refractivity contribution in [1.82, 2.24) is 15.2 Å².